The van der Waals surface area contributed by atoms with Gasteiger partial charge in [-0.05, 0) is 35.6 Å². The molecule has 10 heteroatoms. The van der Waals surface area contributed by atoms with Crippen molar-refractivity contribution in [2.45, 2.75) is 29.6 Å². The Kier molecular flexibility index (Phi) is 8.07. The van der Waals surface area contributed by atoms with Gasteiger partial charge in [0.05, 0.1) is 0 Å². The molecule has 0 amide bonds. The Morgan fingerprint density at radius 2 is 1.26 bits per heavy atom. The molecule has 0 N–H and O–H groups in total. The smallest absolute Gasteiger partial charge is 0.0915 e. The van der Waals surface area contributed by atoms with Crippen LogP contribution in [0.1, 0.15) is 30.0 Å². The maximum absolute atomic E-state index is 6.28. The summed E-state index contributed by atoms with van der Waals surface area (Å²) in [4.78, 5) is 0. The molecule has 0 atom stereocenters. The van der Waals surface area contributed by atoms with Gasteiger partial charge in [0.2, 0.25) is 7.59 Å². The summed E-state index contributed by atoms with van der Waals surface area (Å²) in [5.74, 6) is 0. The molecule has 0 unspecified atom stereocenters. The van der Waals surface area contributed by atoms with Crippen LogP contribution in [-0.2, 0) is 8.67 Å². The average Bonchev–Trinajstić information content (AvgIpc) is 2.36. The molecular formula is C13H9Cl10. The molecular weight excluding hydrogens is 511 g/mol. The fourth-order valence-electron chi connectivity index (χ4n) is 1.74. The minimum Gasteiger partial charge on any atom is -0.0915 e. The molecule has 0 aliphatic heterocycles. The SMILES string of the molecule is CC[CH]c1ccc(C(Cl)(Cl)C(Cl)(Cl)Cl)cc1C(Cl)(Cl)C(Cl)(Cl)Cl. The van der Waals surface area contributed by atoms with Gasteiger partial charge in [0.15, 0.2) is 8.67 Å². The summed E-state index contributed by atoms with van der Waals surface area (Å²) in [7, 11) is 0. The molecule has 0 bridgehead atoms. The van der Waals surface area contributed by atoms with E-state index in [1.807, 2.05) is 13.3 Å². The van der Waals surface area contributed by atoms with Crippen LogP contribution in [0, 0.1) is 6.42 Å². The number of hydrogen-bond acceptors (Lipinski definition) is 0. The molecule has 0 fully saturated rings. The number of alkyl halides is 10. The van der Waals surface area contributed by atoms with E-state index in [9.17, 15) is 0 Å². The highest BCUT2D eigenvalue weighted by Gasteiger charge is 2.51. The Balaban J connectivity index is 3.58. The molecule has 1 radical (unpaired) electrons. The van der Waals surface area contributed by atoms with Crippen molar-refractivity contribution in [3.63, 3.8) is 0 Å². The maximum atomic E-state index is 6.28. The van der Waals surface area contributed by atoms with Crippen LogP contribution in [0.25, 0.3) is 0 Å². The largest absolute Gasteiger partial charge is 0.227 e. The third kappa shape index (κ3) is 5.10. The molecule has 1 aromatic carbocycles. The second kappa shape index (κ2) is 8.01. The van der Waals surface area contributed by atoms with Crippen LogP contribution in [-0.4, -0.2) is 7.59 Å². The lowest BCUT2D eigenvalue weighted by Crippen LogP contribution is -2.32. The van der Waals surface area contributed by atoms with Gasteiger partial charge in [-0.2, -0.15) is 0 Å². The first-order chi connectivity index (χ1) is 10.2. The lowest BCUT2D eigenvalue weighted by Gasteiger charge is -2.33. The van der Waals surface area contributed by atoms with Gasteiger partial charge in [0, 0.05) is 0 Å². The zero-order valence-electron chi connectivity index (χ0n) is 11.3. The predicted octanol–water partition coefficient (Wildman–Crippen LogP) is 8.65. The van der Waals surface area contributed by atoms with E-state index in [-0.39, 0.29) is 11.1 Å². The first kappa shape index (κ1) is 23.2. The zero-order chi connectivity index (χ0) is 18.3. The van der Waals surface area contributed by atoms with Crippen LogP contribution in [0.2, 0.25) is 0 Å². The lowest BCUT2D eigenvalue weighted by atomic mass is 9.96. The Morgan fingerprint density at radius 3 is 1.65 bits per heavy atom. The Labute approximate surface area is 185 Å². The van der Waals surface area contributed by atoms with Gasteiger partial charge in [-0.3, -0.25) is 0 Å². The van der Waals surface area contributed by atoms with E-state index in [1.165, 1.54) is 6.07 Å². The molecule has 0 aromatic heterocycles. The van der Waals surface area contributed by atoms with Gasteiger partial charge in [-0.25, -0.2) is 0 Å². The zero-order valence-corrected chi connectivity index (χ0v) is 18.9. The molecule has 1 rings (SSSR count). The number of halogens is 10. The highest BCUT2D eigenvalue weighted by atomic mass is 35.6. The van der Waals surface area contributed by atoms with Crippen molar-refractivity contribution >= 4 is 116 Å². The average molecular weight is 520 g/mol. The van der Waals surface area contributed by atoms with Crippen molar-refractivity contribution in [1.82, 2.24) is 0 Å². The molecule has 0 nitrogen and oxygen atoms in total. The maximum Gasteiger partial charge on any atom is 0.227 e. The fourth-order valence-corrected chi connectivity index (χ4v) is 2.93. The molecule has 0 aliphatic carbocycles. The van der Waals surface area contributed by atoms with Crippen molar-refractivity contribution in [2.24, 2.45) is 0 Å². The molecule has 1 aromatic rings. The van der Waals surface area contributed by atoms with Gasteiger partial charge < -0.3 is 0 Å². The first-order valence-corrected chi connectivity index (χ1v) is 9.81. The normalized spacial score (nSPS) is 14.2. The third-order valence-electron chi connectivity index (χ3n) is 2.89. The summed E-state index contributed by atoms with van der Waals surface area (Å²) in [6, 6.07) is 4.68. The molecule has 0 saturated carbocycles. The third-order valence-corrected chi connectivity index (χ3v) is 7.73. The molecule has 0 spiro atoms. The van der Waals surface area contributed by atoms with Gasteiger partial charge in [-0.1, -0.05) is 135 Å². The van der Waals surface area contributed by atoms with Crippen molar-refractivity contribution in [1.29, 1.82) is 0 Å². The summed E-state index contributed by atoms with van der Waals surface area (Å²) in [5.41, 5.74) is 1.16. The van der Waals surface area contributed by atoms with E-state index in [0.29, 0.717) is 12.0 Å². The van der Waals surface area contributed by atoms with E-state index < -0.39 is 16.3 Å². The minimum atomic E-state index is -2.02. The minimum absolute atomic E-state index is 0.240. The first-order valence-electron chi connectivity index (χ1n) is 6.03. The fraction of sp³-hybridized carbons (Fsp3) is 0.462. The Hall–Kier alpha value is 2.12. The summed E-state index contributed by atoms with van der Waals surface area (Å²) in [6.07, 6.45) is 2.53. The second-order valence-corrected chi connectivity index (χ2v) is 11.8. The monoisotopic (exact) mass is 515 g/mol. The van der Waals surface area contributed by atoms with E-state index in [1.54, 1.807) is 12.1 Å². The van der Waals surface area contributed by atoms with Crippen LogP contribution in [0.4, 0.5) is 0 Å². The number of benzene rings is 1. The van der Waals surface area contributed by atoms with Gasteiger partial charge in [0.1, 0.15) is 0 Å². The van der Waals surface area contributed by atoms with Crippen molar-refractivity contribution < 1.29 is 0 Å². The van der Waals surface area contributed by atoms with Crippen molar-refractivity contribution in [3.8, 4) is 0 Å². The molecule has 0 saturated heterocycles. The van der Waals surface area contributed by atoms with Gasteiger partial charge >= 0.3 is 0 Å². The van der Waals surface area contributed by atoms with Crippen molar-refractivity contribution in [3.05, 3.63) is 41.3 Å². The molecule has 131 valence electrons. The summed E-state index contributed by atoms with van der Waals surface area (Å²) < 4.78 is -7.78. The second-order valence-electron chi connectivity index (χ2n) is 4.56. The highest BCUT2D eigenvalue weighted by Crippen LogP contribution is 2.57. The van der Waals surface area contributed by atoms with Crippen LogP contribution in [0.3, 0.4) is 0 Å². The van der Waals surface area contributed by atoms with Crippen LogP contribution in [0.5, 0.6) is 0 Å². The summed E-state index contributed by atoms with van der Waals surface area (Å²) in [6.45, 7) is 1.92. The van der Waals surface area contributed by atoms with Crippen LogP contribution < -0.4 is 0 Å². The quantitative estimate of drug-likeness (QED) is 0.349. The standard InChI is InChI=1S/C13H9Cl10/c1-2-3-7-4-5-8(10(14,15)12(18,19)20)6-9(7)11(16,17)13(21,22)23/h3-6H,2H2,1H3. The topological polar surface area (TPSA) is 0 Å². The number of rotatable bonds is 4. The van der Waals surface area contributed by atoms with Crippen LogP contribution in [0.15, 0.2) is 18.2 Å². The van der Waals surface area contributed by atoms with E-state index in [4.69, 9.17) is 116 Å². The van der Waals surface area contributed by atoms with E-state index in [2.05, 4.69) is 0 Å². The van der Waals surface area contributed by atoms with Gasteiger partial charge in [0.25, 0.3) is 0 Å². The summed E-state index contributed by atoms with van der Waals surface area (Å²) >= 11 is 60.1. The van der Waals surface area contributed by atoms with Crippen molar-refractivity contribution in [2.75, 3.05) is 0 Å². The summed E-state index contributed by atoms with van der Waals surface area (Å²) in [5, 5.41) is 0. The van der Waals surface area contributed by atoms with E-state index >= 15 is 0 Å². The van der Waals surface area contributed by atoms with Gasteiger partial charge in [-0.15, -0.1) is 0 Å². The highest BCUT2D eigenvalue weighted by molar-refractivity contribution is 6.76. The molecule has 0 heterocycles. The van der Waals surface area contributed by atoms with E-state index in [0.717, 1.165) is 0 Å². The number of hydrogen-bond donors (Lipinski definition) is 0. The predicted molar refractivity (Wildman–Crippen MR) is 107 cm³/mol. The Bertz CT molecular complexity index is 553. The lowest BCUT2D eigenvalue weighted by molar-refractivity contribution is 0.836. The van der Waals surface area contributed by atoms with Crippen LogP contribution >= 0.6 is 116 Å². The Morgan fingerprint density at radius 1 is 0.783 bits per heavy atom. The molecule has 0 aliphatic rings. The molecule has 23 heavy (non-hydrogen) atoms.